The minimum atomic E-state index is -0.328. The molecule has 0 aliphatic rings. The summed E-state index contributed by atoms with van der Waals surface area (Å²) in [6.45, 7) is 1.99. The molecule has 0 unspecified atom stereocenters. The third kappa shape index (κ3) is 6.64. The van der Waals surface area contributed by atoms with Crippen LogP contribution in [0.15, 0.2) is 52.3 Å². The molecule has 1 aromatic heterocycles. The highest BCUT2D eigenvalue weighted by Gasteiger charge is 2.11. The van der Waals surface area contributed by atoms with Gasteiger partial charge in [-0.05, 0) is 55.0 Å². The average Bonchev–Trinajstić information content (AvgIpc) is 3.15. The van der Waals surface area contributed by atoms with Gasteiger partial charge in [0, 0.05) is 15.5 Å². The summed E-state index contributed by atoms with van der Waals surface area (Å²) in [4.78, 5) is 28.5. The summed E-state index contributed by atoms with van der Waals surface area (Å²) < 4.78 is 19.4. The third-order valence-corrected chi connectivity index (χ3v) is 5.39. The monoisotopic (exact) mass is 491 g/mol. The number of aromatic nitrogens is 1. The fraction of sp³-hybridized carbons (Fsp3) is 0.190. The average molecular weight is 492 g/mol. The van der Waals surface area contributed by atoms with Gasteiger partial charge in [0.15, 0.2) is 0 Å². The van der Waals surface area contributed by atoms with E-state index >= 15 is 0 Å². The van der Waals surface area contributed by atoms with E-state index in [0.717, 1.165) is 10.0 Å². The molecule has 0 aliphatic carbocycles. The van der Waals surface area contributed by atoms with Gasteiger partial charge < -0.3 is 15.4 Å². The molecule has 3 rings (SSSR count). The van der Waals surface area contributed by atoms with Crippen molar-refractivity contribution in [3.63, 3.8) is 0 Å². The number of thiazole rings is 1. The number of nitrogens with zero attached hydrogens (tertiary/aromatic N) is 1. The number of rotatable bonds is 8. The van der Waals surface area contributed by atoms with Crippen molar-refractivity contribution in [2.24, 2.45) is 0 Å². The second-order valence-electron chi connectivity index (χ2n) is 6.44. The van der Waals surface area contributed by atoms with Gasteiger partial charge in [0.25, 0.3) is 0 Å². The van der Waals surface area contributed by atoms with Crippen molar-refractivity contribution in [2.45, 2.75) is 20.0 Å². The first kappa shape index (κ1) is 21.9. The summed E-state index contributed by atoms with van der Waals surface area (Å²) in [6, 6.07) is 11.2. The molecular weight excluding hydrogens is 473 g/mol. The fourth-order valence-corrected chi connectivity index (χ4v) is 3.72. The summed E-state index contributed by atoms with van der Waals surface area (Å²) >= 11 is 4.74. The highest BCUT2D eigenvalue weighted by molar-refractivity contribution is 9.10. The van der Waals surface area contributed by atoms with E-state index in [1.807, 2.05) is 19.1 Å². The van der Waals surface area contributed by atoms with Crippen LogP contribution in [0.5, 0.6) is 5.75 Å². The van der Waals surface area contributed by atoms with Crippen molar-refractivity contribution < 1.29 is 18.7 Å². The van der Waals surface area contributed by atoms with Crippen molar-refractivity contribution in [1.29, 1.82) is 0 Å². The van der Waals surface area contributed by atoms with Crippen LogP contribution in [0.1, 0.15) is 16.3 Å². The van der Waals surface area contributed by atoms with Crippen LogP contribution in [0, 0.1) is 12.7 Å². The van der Waals surface area contributed by atoms with Gasteiger partial charge in [0.05, 0.1) is 18.7 Å². The standard InChI is InChI=1S/C21H19BrFN3O3S/c1-13-8-14(22)2-7-18(13)26-20(28)10-24-19(27)9-16-12-30-21(25-16)11-29-17-5-3-15(23)4-6-17/h2-8,12H,9-11H2,1H3,(H,24,27)(H,26,28). The van der Waals surface area contributed by atoms with Crippen molar-refractivity contribution in [3.05, 3.63) is 74.4 Å². The molecule has 0 saturated heterocycles. The van der Waals surface area contributed by atoms with Crippen molar-refractivity contribution in [1.82, 2.24) is 10.3 Å². The van der Waals surface area contributed by atoms with Crippen LogP contribution in [-0.2, 0) is 22.6 Å². The van der Waals surface area contributed by atoms with Crippen molar-refractivity contribution in [2.75, 3.05) is 11.9 Å². The van der Waals surface area contributed by atoms with Crippen molar-refractivity contribution >= 4 is 44.8 Å². The molecular formula is C21H19BrFN3O3S. The molecule has 0 spiro atoms. The Labute approximate surface area is 185 Å². The molecule has 0 radical (unpaired) electrons. The van der Waals surface area contributed by atoms with E-state index in [2.05, 4.69) is 31.5 Å². The minimum absolute atomic E-state index is 0.0671. The number of amides is 2. The maximum Gasteiger partial charge on any atom is 0.243 e. The summed E-state index contributed by atoms with van der Waals surface area (Å²) in [6.07, 6.45) is 0.0671. The molecule has 6 nitrogen and oxygen atoms in total. The number of carbonyl (C=O) groups excluding carboxylic acids is 2. The van der Waals surface area contributed by atoms with Gasteiger partial charge in [-0.3, -0.25) is 9.59 Å². The molecule has 3 aromatic rings. The van der Waals surface area contributed by atoms with Crippen LogP contribution < -0.4 is 15.4 Å². The number of carbonyl (C=O) groups is 2. The Hall–Kier alpha value is -2.78. The Balaban J connectivity index is 1.42. The van der Waals surface area contributed by atoms with Gasteiger partial charge in [-0.25, -0.2) is 9.37 Å². The Bertz CT molecular complexity index is 1040. The van der Waals surface area contributed by atoms with Crippen LogP contribution >= 0.6 is 27.3 Å². The van der Waals surface area contributed by atoms with Crippen LogP contribution in [-0.4, -0.2) is 23.3 Å². The number of benzene rings is 2. The lowest BCUT2D eigenvalue weighted by Gasteiger charge is -2.09. The van der Waals surface area contributed by atoms with Crippen LogP contribution in [0.3, 0.4) is 0 Å². The largest absolute Gasteiger partial charge is 0.486 e. The summed E-state index contributed by atoms with van der Waals surface area (Å²) in [5, 5.41) is 7.83. The Kier molecular flexibility index (Phi) is 7.53. The number of hydrogen-bond acceptors (Lipinski definition) is 5. The second-order valence-corrected chi connectivity index (χ2v) is 8.29. The quantitative estimate of drug-likeness (QED) is 0.494. The molecule has 1 heterocycles. The van der Waals surface area contributed by atoms with E-state index in [0.29, 0.717) is 22.1 Å². The Morgan fingerprint density at radius 3 is 2.67 bits per heavy atom. The molecule has 9 heteroatoms. The molecule has 2 N–H and O–H groups in total. The number of halogens is 2. The normalized spacial score (nSPS) is 10.5. The Morgan fingerprint density at radius 2 is 1.93 bits per heavy atom. The molecule has 30 heavy (non-hydrogen) atoms. The van der Waals surface area contributed by atoms with Crippen LogP contribution in [0.2, 0.25) is 0 Å². The molecule has 0 atom stereocenters. The predicted molar refractivity (Wildman–Crippen MR) is 117 cm³/mol. The lowest BCUT2D eigenvalue weighted by atomic mass is 10.2. The summed E-state index contributed by atoms with van der Waals surface area (Å²) in [5.74, 6) is -0.391. The number of anilines is 1. The molecule has 0 aliphatic heterocycles. The highest BCUT2D eigenvalue weighted by atomic mass is 79.9. The first-order chi connectivity index (χ1) is 14.4. The first-order valence-corrected chi connectivity index (χ1v) is 10.7. The van der Waals surface area contributed by atoms with E-state index in [-0.39, 0.29) is 37.2 Å². The number of aryl methyl sites for hydroxylation is 1. The summed E-state index contributed by atoms with van der Waals surface area (Å²) in [7, 11) is 0. The molecule has 0 bridgehead atoms. The smallest absolute Gasteiger partial charge is 0.243 e. The second kappa shape index (κ2) is 10.3. The zero-order chi connectivity index (χ0) is 21.5. The lowest BCUT2D eigenvalue weighted by molar-refractivity contribution is -0.123. The third-order valence-electron chi connectivity index (χ3n) is 4.03. The van der Waals surface area contributed by atoms with Gasteiger partial charge in [-0.2, -0.15) is 0 Å². The van der Waals surface area contributed by atoms with E-state index in [1.165, 1.54) is 35.6 Å². The maximum atomic E-state index is 12.9. The zero-order valence-electron chi connectivity index (χ0n) is 16.1. The van der Waals surface area contributed by atoms with Crippen molar-refractivity contribution in [3.8, 4) is 5.75 Å². The van der Waals surface area contributed by atoms with Gasteiger partial charge in [0.2, 0.25) is 11.8 Å². The first-order valence-electron chi connectivity index (χ1n) is 9.03. The van der Waals surface area contributed by atoms with E-state index in [1.54, 1.807) is 11.4 Å². The maximum absolute atomic E-state index is 12.9. The minimum Gasteiger partial charge on any atom is -0.486 e. The fourth-order valence-electron chi connectivity index (χ4n) is 2.54. The van der Waals surface area contributed by atoms with E-state index < -0.39 is 0 Å². The van der Waals surface area contributed by atoms with Gasteiger partial charge in [0.1, 0.15) is 23.2 Å². The Morgan fingerprint density at radius 1 is 1.17 bits per heavy atom. The molecule has 0 fully saturated rings. The number of nitrogens with one attached hydrogen (secondary N) is 2. The number of hydrogen-bond donors (Lipinski definition) is 2. The molecule has 156 valence electrons. The van der Waals surface area contributed by atoms with Gasteiger partial charge in [-0.1, -0.05) is 15.9 Å². The topological polar surface area (TPSA) is 80.3 Å². The van der Waals surface area contributed by atoms with Gasteiger partial charge >= 0.3 is 0 Å². The van der Waals surface area contributed by atoms with Crippen LogP contribution in [0.4, 0.5) is 10.1 Å². The SMILES string of the molecule is Cc1cc(Br)ccc1NC(=O)CNC(=O)Cc1csc(COc2ccc(F)cc2)n1. The van der Waals surface area contributed by atoms with E-state index in [9.17, 15) is 14.0 Å². The lowest BCUT2D eigenvalue weighted by Crippen LogP contribution is -2.34. The highest BCUT2D eigenvalue weighted by Crippen LogP contribution is 2.20. The predicted octanol–water partition coefficient (Wildman–Crippen LogP) is 4.23. The molecule has 0 saturated carbocycles. The summed E-state index contributed by atoms with van der Waals surface area (Å²) in [5.41, 5.74) is 2.21. The van der Waals surface area contributed by atoms with E-state index in [4.69, 9.17) is 4.74 Å². The molecule has 2 amide bonds. The van der Waals surface area contributed by atoms with Crippen LogP contribution in [0.25, 0.3) is 0 Å². The zero-order valence-corrected chi connectivity index (χ0v) is 18.5. The van der Waals surface area contributed by atoms with Gasteiger partial charge in [-0.15, -0.1) is 11.3 Å². The number of ether oxygens (including phenoxy) is 1. The molecule has 2 aromatic carbocycles.